The molecule has 1 saturated heterocycles. The maximum Gasteiger partial charge on any atom is 0.243 e. The summed E-state index contributed by atoms with van der Waals surface area (Å²) in [5, 5.41) is 9.43. The summed E-state index contributed by atoms with van der Waals surface area (Å²) in [6, 6.07) is 16.9. The van der Waals surface area contributed by atoms with Gasteiger partial charge in [0.05, 0.1) is 10.9 Å². The molecule has 0 spiro atoms. The Morgan fingerprint density at radius 1 is 1.17 bits per heavy atom. The van der Waals surface area contributed by atoms with Crippen LogP contribution in [0.1, 0.15) is 36.3 Å². The summed E-state index contributed by atoms with van der Waals surface area (Å²) in [6.07, 6.45) is 3.89. The van der Waals surface area contributed by atoms with E-state index in [1.165, 1.54) is 5.56 Å². The highest BCUT2D eigenvalue weighted by Crippen LogP contribution is 2.42. The minimum Gasteiger partial charge on any atom is -0.396 e. The van der Waals surface area contributed by atoms with E-state index in [-0.39, 0.29) is 24.5 Å². The van der Waals surface area contributed by atoms with Crippen molar-refractivity contribution < 1.29 is 13.5 Å². The van der Waals surface area contributed by atoms with Crippen LogP contribution in [0.3, 0.4) is 0 Å². The standard InChI is InChI=1S/C24H29NO3S/c1-3-8-24-23(11-7-18-26)22(20-9-5-4-6-10-20)16-17-25(24)29(27,28)21-14-12-19(2)13-15-21/h4-6,8-10,12-15,22-24,26H,1,7,11,16-18H2,2H3/t22-,23-,24-/m1/s1. The fourth-order valence-electron chi connectivity index (χ4n) is 4.35. The lowest BCUT2D eigenvalue weighted by Gasteiger charge is -2.43. The minimum atomic E-state index is -3.64. The first-order chi connectivity index (χ1) is 14.0. The molecule has 0 aliphatic carbocycles. The molecule has 0 radical (unpaired) electrons. The van der Waals surface area contributed by atoms with Crippen molar-refractivity contribution >= 4 is 10.0 Å². The van der Waals surface area contributed by atoms with Gasteiger partial charge in [0.25, 0.3) is 0 Å². The van der Waals surface area contributed by atoms with Crippen LogP contribution in [0.25, 0.3) is 0 Å². The second-order valence-corrected chi connectivity index (χ2v) is 9.52. The summed E-state index contributed by atoms with van der Waals surface area (Å²) in [7, 11) is -3.64. The van der Waals surface area contributed by atoms with Crippen molar-refractivity contribution in [2.45, 2.75) is 43.0 Å². The predicted molar refractivity (Wildman–Crippen MR) is 116 cm³/mol. The number of rotatable bonds is 7. The zero-order valence-electron chi connectivity index (χ0n) is 16.9. The van der Waals surface area contributed by atoms with E-state index < -0.39 is 10.0 Å². The summed E-state index contributed by atoms with van der Waals surface area (Å²) in [6.45, 7) is 6.19. The summed E-state index contributed by atoms with van der Waals surface area (Å²) in [5.74, 6) is 0.273. The number of aryl methyl sites for hydroxylation is 1. The molecule has 4 nitrogen and oxygen atoms in total. The van der Waals surface area contributed by atoms with Crippen LogP contribution in [-0.2, 0) is 10.0 Å². The van der Waals surface area contributed by atoms with Crippen molar-refractivity contribution in [2.24, 2.45) is 5.92 Å². The number of piperidine rings is 1. The Morgan fingerprint density at radius 2 is 1.86 bits per heavy atom. The quantitative estimate of drug-likeness (QED) is 0.692. The number of hydrogen-bond donors (Lipinski definition) is 1. The largest absolute Gasteiger partial charge is 0.396 e. The molecule has 29 heavy (non-hydrogen) atoms. The molecule has 0 bridgehead atoms. The van der Waals surface area contributed by atoms with Gasteiger partial charge in [0.15, 0.2) is 0 Å². The topological polar surface area (TPSA) is 57.6 Å². The van der Waals surface area contributed by atoms with Crippen LogP contribution < -0.4 is 0 Å². The van der Waals surface area contributed by atoms with Crippen LogP contribution in [0.15, 0.2) is 77.9 Å². The van der Waals surface area contributed by atoms with Crippen molar-refractivity contribution in [3.63, 3.8) is 0 Å². The predicted octanol–water partition coefficient (Wildman–Crippen LogP) is 4.27. The molecule has 3 rings (SSSR count). The van der Waals surface area contributed by atoms with E-state index in [1.54, 1.807) is 22.5 Å². The van der Waals surface area contributed by atoms with Crippen LogP contribution in [0.5, 0.6) is 0 Å². The first-order valence-electron chi connectivity index (χ1n) is 10.1. The van der Waals surface area contributed by atoms with E-state index in [0.717, 1.165) is 18.4 Å². The molecule has 1 heterocycles. The molecule has 0 aromatic heterocycles. The van der Waals surface area contributed by atoms with Gasteiger partial charge in [-0.15, -0.1) is 5.73 Å². The highest BCUT2D eigenvalue weighted by molar-refractivity contribution is 7.89. The van der Waals surface area contributed by atoms with E-state index >= 15 is 0 Å². The lowest BCUT2D eigenvalue weighted by molar-refractivity contribution is 0.161. The van der Waals surface area contributed by atoms with E-state index in [0.29, 0.717) is 17.9 Å². The summed E-state index contributed by atoms with van der Waals surface area (Å²) < 4.78 is 28.5. The molecule has 2 aromatic rings. The zero-order valence-corrected chi connectivity index (χ0v) is 17.7. The number of sulfonamides is 1. The van der Waals surface area contributed by atoms with Gasteiger partial charge in [0.1, 0.15) is 0 Å². The molecule has 0 amide bonds. The van der Waals surface area contributed by atoms with E-state index in [1.807, 2.05) is 37.3 Å². The average Bonchev–Trinajstić information content (AvgIpc) is 2.73. The molecule has 5 heteroatoms. The van der Waals surface area contributed by atoms with Crippen molar-refractivity contribution in [1.82, 2.24) is 4.31 Å². The Hall–Kier alpha value is -2.17. The van der Waals surface area contributed by atoms with E-state index in [9.17, 15) is 13.5 Å². The number of benzene rings is 2. The Kier molecular flexibility index (Phi) is 7.09. The van der Waals surface area contributed by atoms with Crippen LogP contribution in [-0.4, -0.2) is 37.0 Å². The van der Waals surface area contributed by atoms with Gasteiger partial charge in [0, 0.05) is 13.2 Å². The number of hydrogen-bond acceptors (Lipinski definition) is 3. The van der Waals surface area contributed by atoms with Gasteiger partial charge in [-0.2, -0.15) is 4.31 Å². The second kappa shape index (κ2) is 9.55. The normalized spacial score (nSPS) is 22.8. The molecule has 2 aromatic carbocycles. The van der Waals surface area contributed by atoms with Gasteiger partial charge in [-0.1, -0.05) is 54.6 Å². The maximum atomic E-state index is 13.5. The number of aliphatic hydroxyl groups is 1. The Balaban J connectivity index is 2.01. The third kappa shape index (κ3) is 4.71. The molecule has 1 N–H and O–H groups in total. The van der Waals surface area contributed by atoms with Gasteiger partial charge < -0.3 is 5.11 Å². The van der Waals surface area contributed by atoms with Crippen molar-refractivity contribution in [3.05, 3.63) is 84.1 Å². The molecule has 1 fully saturated rings. The maximum absolute atomic E-state index is 13.5. The van der Waals surface area contributed by atoms with Crippen molar-refractivity contribution in [2.75, 3.05) is 13.2 Å². The summed E-state index contributed by atoms with van der Waals surface area (Å²) in [5.41, 5.74) is 5.07. The molecule has 0 saturated carbocycles. The Labute approximate surface area is 174 Å². The third-order valence-electron chi connectivity index (χ3n) is 5.79. The highest BCUT2D eigenvalue weighted by atomic mass is 32.2. The molecule has 0 unspecified atom stereocenters. The smallest absolute Gasteiger partial charge is 0.243 e. The van der Waals surface area contributed by atoms with Crippen molar-refractivity contribution in [1.29, 1.82) is 0 Å². The van der Waals surface area contributed by atoms with Gasteiger partial charge in [0.2, 0.25) is 10.0 Å². The number of nitrogens with zero attached hydrogens (tertiary/aromatic N) is 1. The fraction of sp³-hybridized carbons (Fsp3) is 0.375. The lowest BCUT2D eigenvalue weighted by Crippen LogP contribution is -2.50. The average molecular weight is 412 g/mol. The Morgan fingerprint density at radius 3 is 2.48 bits per heavy atom. The molecule has 1 aliphatic heterocycles. The highest BCUT2D eigenvalue weighted by Gasteiger charge is 2.42. The number of aliphatic hydroxyl groups excluding tert-OH is 1. The molecular formula is C24H29NO3S. The minimum absolute atomic E-state index is 0.0489. The molecule has 3 atom stereocenters. The molecule has 1 aliphatic rings. The first kappa shape index (κ1) is 21.5. The first-order valence-corrected chi connectivity index (χ1v) is 11.5. The Bertz CT molecular complexity index is 947. The fourth-order valence-corrected chi connectivity index (χ4v) is 5.98. The van der Waals surface area contributed by atoms with Gasteiger partial charge in [-0.25, -0.2) is 8.42 Å². The zero-order chi connectivity index (χ0) is 20.9. The van der Waals surface area contributed by atoms with Gasteiger partial charge in [-0.3, -0.25) is 0 Å². The van der Waals surface area contributed by atoms with E-state index in [4.69, 9.17) is 0 Å². The molecular weight excluding hydrogens is 382 g/mol. The lowest BCUT2D eigenvalue weighted by atomic mass is 9.74. The van der Waals surface area contributed by atoms with Crippen molar-refractivity contribution in [3.8, 4) is 0 Å². The van der Waals surface area contributed by atoms with Crippen LogP contribution in [0, 0.1) is 12.8 Å². The summed E-state index contributed by atoms with van der Waals surface area (Å²) in [4.78, 5) is 0.310. The SMILES string of the molecule is C=C=C[C@@H]1[C@H](CCCO)[C@@H](c2ccccc2)CCN1S(=O)(=O)c1ccc(C)cc1. The van der Waals surface area contributed by atoms with Crippen LogP contribution in [0.4, 0.5) is 0 Å². The molecule has 154 valence electrons. The van der Waals surface area contributed by atoms with Crippen LogP contribution >= 0.6 is 0 Å². The monoisotopic (exact) mass is 411 g/mol. The van der Waals surface area contributed by atoms with Gasteiger partial charge >= 0.3 is 0 Å². The van der Waals surface area contributed by atoms with E-state index in [2.05, 4.69) is 24.4 Å². The van der Waals surface area contributed by atoms with Crippen LogP contribution in [0.2, 0.25) is 0 Å². The van der Waals surface area contributed by atoms with Gasteiger partial charge in [-0.05, 0) is 61.8 Å². The second-order valence-electron chi connectivity index (χ2n) is 7.63. The third-order valence-corrected chi connectivity index (χ3v) is 7.70. The summed E-state index contributed by atoms with van der Waals surface area (Å²) >= 11 is 0.